The summed E-state index contributed by atoms with van der Waals surface area (Å²) in [5.74, 6) is 0.278. The van der Waals surface area contributed by atoms with Crippen LogP contribution in [0.5, 0.6) is 0 Å². The third-order valence-electron chi connectivity index (χ3n) is 4.41. The first-order chi connectivity index (χ1) is 11.4. The minimum Gasteiger partial charge on any atom is -0.393 e. The van der Waals surface area contributed by atoms with Gasteiger partial charge in [-0.25, -0.2) is 0 Å². The maximum Gasteiger partial charge on any atom is 0.269 e. The number of hydroxylamine groups is 1. The Kier molecular flexibility index (Phi) is 6.53. The van der Waals surface area contributed by atoms with Crippen LogP contribution in [0, 0.1) is 16.0 Å². The average Bonchev–Trinajstić information content (AvgIpc) is 2.94. The van der Waals surface area contributed by atoms with Crippen LogP contribution >= 0.6 is 0 Å². The van der Waals surface area contributed by atoms with Crippen molar-refractivity contribution in [2.75, 3.05) is 18.7 Å². The van der Waals surface area contributed by atoms with E-state index < -0.39 is 4.92 Å². The first-order valence-electron chi connectivity index (χ1n) is 8.35. The molecule has 1 aromatic carbocycles. The van der Waals surface area contributed by atoms with E-state index in [9.17, 15) is 15.2 Å². The second-order valence-corrected chi connectivity index (χ2v) is 6.35. The molecule has 7 nitrogen and oxygen atoms in total. The Morgan fingerprint density at radius 3 is 2.67 bits per heavy atom. The van der Waals surface area contributed by atoms with Gasteiger partial charge in [0.05, 0.1) is 28.9 Å². The van der Waals surface area contributed by atoms with Crippen molar-refractivity contribution in [2.45, 2.75) is 51.4 Å². The Morgan fingerprint density at radius 2 is 2.12 bits per heavy atom. The number of aliphatic hydroxyl groups is 1. The summed E-state index contributed by atoms with van der Waals surface area (Å²) in [6, 6.07) is 6.20. The zero-order chi connectivity index (χ0) is 17.7. The Hall–Kier alpha value is -1.70. The highest BCUT2D eigenvalue weighted by molar-refractivity contribution is 5.48. The summed E-state index contributed by atoms with van der Waals surface area (Å²) < 4.78 is 6.01. The van der Waals surface area contributed by atoms with Crippen molar-refractivity contribution in [3.8, 4) is 0 Å². The van der Waals surface area contributed by atoms with Crippen molar-refractivity contribution in [3.63, 3.8) is 0 Å². The standard InChI is InChI=1S/C17H26N2O5/c1-4-16-10-13(9-12(2)20)17(24-16)11-23-18(3)14-5-7-15(8-6-14)19(21)22/h5-8,12-13,16-17,20H,4,9-11H2,1-3H3. The van der Waals surface area contributed by atoms with E-state index in [2.05, 4.69) is 6.92 Å². The van der Waals surface area contributed by atoms with Gasteiger partial charge in [0.1, 0.15) is 6.61 Å². The molecule has 0 amide bonds. The Morgan fingerprint density at radius 1 is 1.46 bits per heavy atom. The Balaban J connectivity index is 1.91. The summed E-state index contributed by atoms with van der Waals surface area (Å²) in [6.07, 6.45) is 2.40. The van der Waals surface area contributed by atoms with E-state index in [4.69, 9.17) is 9.57 Å². The van der Waals surface area contributed by atoms with Gasteiger partial charge in [0.2, 0.25) is 0 Å². The molecule has 0 aliphatic carbocycles. The van der Waals surface area contributed by atoms with Crippen LogP contribution in [0.25, 0.3) is 0 Å². The maximum absolute atomic E-state index is 10.7. The van der Waals surface area contributed by atoms with E-state index in [0.29, 0.717) is 13.0 Å². The normalized spacial score (nSPS) is 24.8. The van der Waals surface area contributed by atoms with Gasteiger partial charge in [-0.3, -0.25) is 20.0 Å². The van der Waals surface area contributed by atoms with Crippen LogP contribution in [0.2, 0.25) is 0 Å². The van der Waals surface area contributed by atoms with E-state index in [0.717, 1.165) is 18.5 Å². The molecule has 1 N–H and O–H groups in total. The average molecular weight is 338 g/mol. The molecule has 7 heteroatoms. The molecule has 1 aliphatic heterocycles. The van der Waals surface area contributed by atoms with E-state index in [-0.39, 0.29) is 29.9 Å². The molecule has 1 aromatic rings. The second-order valence-electron chi connectivity index (χ2n) is 6.35. The molecule has 1 fully saturated rings. The molecule has 134 valence electrons. The molecule has 0 aromatic heterocycles. The number of anilines is 1. The summed E-state index contributed by atoms with van der Waals surface area (Å²) in [5.41, 5.74) is 0.784. The lowest BCUT2D eigenvalue weighted by atomic mass is 9.93. The van der Waals surface area contributed by atoms with Crippen molar-refractivity contribution < 1.29 is 19.6 Å². The summed E-state index contributed by atoms with van der Waals surface area (Å²) in [4.78, 5) is 16.0. The molecule has 1 aliphatic rings. The lowest BCUT2D eigenvalue weighted by Crippen LogP contribution is -2.30. The topological polar surface area (TPSA) is 85.1 Å². The minimum absolute atomic E-state index is 0.0501. The Labute approximate surface area is 142 Å². The number of non-ortho nitro benzene ring substituents is 1. The van der Waals surface area contributed by atoms with Crippen LogP contribution in [0.1, 0.15) is 33.1 Å². The maximum atomic E-state index is 10.7. The quantitative estimate of drug-likeness (QED) is 0.579. The molecular weight excluding hydrogens is 312 g/mol. The number of nitro groups is 1. The van der Waals surface area contributed by atoms with Crippen LogP contribution in [-0.2, 0) is 9.57 Å². The van der Waals surface area contributed by atoms with Gasteiger partial charge in [-0.05, 0) is 44.2 Å². The lowest BCUT2D eigenvalue weighted by molar-refractivity contribution is -0.384. The molecule has 0 radical (unpaired) electrons. The molecule has 1 heterocycles. The SMILES string of the molecule is CCC1CC(CC(C)O)C(CON(C)c2ccc([N+](=O)[O-])cc2)O1. The summed E-state index contributed by atoms with van der Waals surface area (Å²) in [5, 5.41) is 21.9. The highest BCUT2D eigenvalue weighted by Crippen LogP contribution is 2.32. The number of nitro benzene ring substituents is 1. The zero-order valence-corrected chi connectivity index (χ0v) is 14.4. The number of aliphatic hydroxyl groups excluding tert-OH is 1. The fourth-order valence-electron chi connectivity index (χ4n) is 3.07. The van der Waals surface area contributed by atoms with Crippen LogP contribution < -0.4 is 5.06 Å². The van der Waals surface area contributed by atoms with E-state index in [1.807, 2.05) is 0 Å². The first kappa shape index (κ1) is 18.6. The molecule has 1 saturated heterocycles. The highest BCUT2D eigenvalue weighted by Gasteiger charge is 2.35. The smallest absolute Gasteiger partial charge is 0.269 e. The van der Waals surface area contributed by atoms with Crippen LogP contribution in [0.3, 0.4) is 0 Å². The Bertz CT molecular complexity index is 534. The van der Waals surface area contributed by atoms with Crippen LogP contribution in [-0.4, -0.2) is 42.0 Å². The predicted molar refractivity (Wildman–Crippen MR) is 90.8 cm³/mol. The van der Waals surface area contributed by atoms with Crippen molar-refractivity contribution in [1.29, 1.82) is 0 Å². The van der Waals surface area contributed by atoms with Gasteiger partial charge < -0.3 is 9.84 Å². The van der Waals surface area contributed by atoms with Gasteiger partial charge >= 0.3 is 0 Å². The molecule has 4 atom stereocenters. The summed E-state index contributed by atoms with van der Waals surface area (Å²) in [7, 11) is 1.76. The second kappa shape index (κ2) is 8.41. The number of ether oxygens (including phenoxy) is 1. The molecule has 0 bridgehead atoms. The van der Waals surface area contributed by atoms with Gasteiger partial charge in [0.25, 0.3) is 5.69 Å². The van der Waals surface area contributed by atoms with Crippen LogP contribution in [0.4, 0.5) is 11.4 Å². The van der Waals surface area contributed by atoms with Crippen molar-refractivity contribution in [2.24, 2.45) is 5.92 Å². The first-order valence-corrected chi connectivity index (χ1v) is 8.35. The third-order valence-corrected chi connectivity index (χ3v) is 4.41. The highest BCUT2D eigenvalue weighted by atomic mass is 16.7. The van der Waals surface area contributed by atoms with Gasteiger partial charge in [-0.2, -0.15) is 0 Å². The van der Waals surface area contributed by atoms with Crippen LogP contribution in [0.15, 0.2) is 24.3 Å². The van der Waals surface area contributed by atoms with Gasteiger partial charge in [-0.15, -0.1) is 0 Å². The van der Waals surface area contributed by atoms with Gasteiger partial charge in [-0.1, -0.05) is 6.92 Å². The predicted octanol–water partition coefficient (Wildman–Crippen LogP) is 2.92. The van der Waals surface area contributed by atoms with Crippen molar-refractivity contribution >= 4 is 11.4 Å². The number of hydrogen-bond donors (Lipinski definition) is 1. The fraction of sp³-hybridized carbons (Fsp3) is 0.647. The van der Waals surface area contributed by atoms with Crippen molar-refractivity contribution in [1.82, 2.24) is 0 Å². The van der Waals surface area contributed by atoms with E-state index in [1.165, 1.54) is 12.1 Å². The minimum atomic E-state index is -0.428. The van der Waals surface area contributed by atoms with Crippen molar-refractivity contribution in [3.05, 3.63) is 34.4 Å². The molecule has 0 saturated carbocycles. The summed E-state index contributed by atoms with van der Waals surface area (Å²) in [6.45, 7) is 4.28. The van der Waals surface area contributed by atoms with Gasteiger partial charge in [0.15, 0.2) is 0 Å². The molecule has 2 rings (SSSR count). The lowest BCUT2D eigenvalue weighted by Gasteiger charge is -2.24. The molecule has 24 heavy (non-hydrogen) atoms. The number of nitrogens with zero attached hydrogens (tertiary/aromatic N) is 2. The number of benzene rings is 1. The monoisotopic (exact) mass is 338 g/mol. The molecular formula is C17H26N2O5. The number of rotatable bonds is 8. The third kappa shape index (κ3) is 4.90. The van der Waals surface area contributed by atoms with Gasteiger partial charge in [0, 0.05) is 19.2 Å². The van der Waals surface area contributed by atoms with E-state index >= 15 is 0 Å². The largest absolute Gasteiger partial charge is 0.393 e. The fourth-order valence-corrected chi connectivity index (χ4v) is 3.07. The van der Waals surface area contributed by atoms with E-state index in [1.54, 1.807) is 31.2 Å². The number of hydrogen-bond acceptors (Lipinski definition) is 6. The molecule has 0 spiro atoms. The summed E-state index contributed by atoms with van der Waals surface area (Å²) >= 11 is 0. The zero-order valence-electron chi connectivity index (χ0n) is 14.4. The molecule has 4 unspecified atom stereocenters.